The summed E-state index contributed by atoms with van der Waals surface area (Å²) in [7, 11) is 0. The summed E-state index contributed by atoms with van der Waals surface area (Å²) in [5.41, 5.74) is 6.23. The quantitative estimate of drug-likeness (QED) is 0.874. The molecule has 0 heterocycles. The van der Waals surface area contributed by atoms with Crippen LogP contribution < -0.4 is 10.5 Å². The Morgan fingerprint density at radius 1 is 1.33 bits per heavy atom. The Kier molecular flexibility index (Phi) is 5.26. The first kappa shape index (κ1) is 16.3. The summed E-state index contributed by atoms with van der Waals surface area (Å²) in [4.78, 5) is 0. The first-order valence-corrected chi connectivity index (χ1v) is 8.08. The lowest BCUT2D eigenvalue weighted by Gasteiger charge is -2.42. The molecule has 1 saturated carbocycles. The van der Waals surface area contributed by atoms with Crippen LogP contribution in [-0.4, -0.2) is 12.6 Å². The van der Waals surface area contributed by atoms with Crippen LogP contribution in [0, 0.1) is 23.1 Å². The summed E-state index contributed by atoms with van der Waals surface area (Å²) in [5.74, 6) is 1.38. The topological polar surface area (TPSA) is 35.2 Å². The molecule has 2 nitrogen and oxygen atoms in total. The number of nitrogens with two attached hydrogens (primary N) is 1. The van der Waals surface area contributed by atoms with Gasteiger partial charge in [0.2, 0.25) is 0 Å². The third-order valence-electron chi connectivity index (χ3n) is 5.33. The number of benzene rings is 1. The second-order valence-corrected chi connectivity index (χ2v) is 6.96. The van der Waals surface area contributed by atoms with Gasteiger partial charge in [-0.15, -0.1) is 0 Å². The normalized spacial score (nSPS) is 26.6. The van der Waals surface area contributed by atoms with Crippen molar-refractivity contribution in [1.29, 1.82) is 0 Å². The number of rotatable bonds is 5. The van der Waals surface area contributed by atoms with Gasteiger partial charge in [-0.2, -0.15) is 0 Å². The van der Waals surface area contributed by atoms with Crippen molar-refractivity contribution < 1.29 is 9.13 Å². The Hall–Kier alpha value is -1.09. The molecular formula is C18H28FNO. The Morgan fingerprint density at radius 2 is 2.10 bits per heavy atom. The van der Waals surface area contributed by atoms with Gasteiger partial charge in [0, 0.05) is 12.0 Å². The van der Waals surface area contributed by atoms with Gasteiger partial charge in [-0.25, -0.2) is 4.39 Å². The van der Waals surface area contributed by atoms with Crippen LogP contribution in [0.15, 0.2) is 24.3 Å². The number of halogens is 1. The Morgan fingerprint density at radius 3 is 2.71 bits per heavy atom. The average Bonchev–Trinajstić information content (AvgIpc) is 2.47. The standard InChI is InChI=1S/C18H28FNO/c1-4-18(2,3)14-9-8-13(12-20)17(10-14)21-16-7-5-6-15(19)11-16/h5-7,11,13-14,17H,4,8-10,12,20H2,1-3H3. The van der Waals surface area contributed by atoms with Crippen LogP contribution in [-0.2, 0) is 0 Å². The molecule has 0 amide bonds. The molecule has 0 aromatic heterocycles. The van der Waals surface area contributed by atoms with Crippen molar-refractivity contribution in [2.45, 2.75) is 52.6 Å². The van der Waals surface area contributed by atoms with Crippen LogP contribution in [0.4, 0.5) is 4.39 Å². The van der Waals surface area contributed by atoms with Crippen LogP contribution >= 0.6 is 0 Å². The minimum atomic E-state index is -0.252. The zero-order valence-electron chi connectivity index (χ0n) is 13.4. The van der Waals surface area contributed by atoms with Crippen molar-refractivity contribution in [1.82, 2.24) is 0 Å². The number of hydrogen-bond donors (Lipinski definition) is 1. The minimum Gasteiger partial charge on any atom is -0.490 e. The van der Waals surface area contributed by atoms with E-state index in [1.54, 1.807) is 6.07 Å². The maximum absolute atomic E-state index is 13.3. The Bertz CT molecular complexity index is 460. The van der Waals surface area contributed by atoms with Gasteiger partial charge in [0.15, 0.2) is 0 Å². The molecular weight excluding hydrogens is 265 g/mol. The summed E-state index contributed by atoms with van der Waals surface area (Å²) in [6, 6.07) is 6.42. The Labute approximate surface area is 127 Å². The van der Waals surface area contributed by atoms with Gasteiger partial charge < -0.3 is 10.5 Å². The summed E-state index contributed by atoms with van der Waals surface area (Å²) < 4.78 is 19.4. The highest BCUT2D eigenvalue weighted by atomic mass is 19.1. The molecule has 2 rings (SSSR count). The summed E-state index contributed by atoms with van der Waals surface area (Å²) in [6.07, 6.45) is 4.59. The first-order valence-electron chi connectivity index (χ1n) is 8.08. The molecule has 2 N–H and O–H groups in total. The highest BCUT2D eigenvalue weighted by molar-refractivity contribution is 5.23. The van der Waals surface area contributed by atoms with Gasteiger partial charge in [-0.05, 0) is 49.3 Å². The number of hydrogen-bond acceptors (Lipinski definition) is 2. The molecule has 1 fully saturated rings. The SMILES string of the molecule is CCC(C)(C)C1CCC(CN)C(Oc2cccc(F)c2)C1. The highest BCUT2D eigenvalue weighted by Crippen LogP contribution is 2.43. The molecule has 3 unspecified atom stereocenters. The van der Waals surface area contributed by atoms with E-state index in [9.17, 15) is 4.39 Å². The third kappa shape index (κ3) is 3.97. The largest absolute Gasteiger partial charge is 0.490 e. The summed E-state index contributed by atoms with van der Waals surface area (Å²) in [5, 5.41) is 0. The van der Waals surface area contributed by atoms with Crippen LogP contribution in [0.5, 0.6) is 5.75 Å². The smallest absolute Gasteiger partial charge is 0.126 e. The van der Waals surface area contributed by atoms with E-state index in [1.807, 2.05) is 6.07 Å². The summed E-state index contributed by atoms with van der Waals surface area (Å²) in [6.45, 7) is 7.55. The van der Waals surface area contributed by atoms with E-state index in [-0.39, 0.29) is 11.9 Å². The molecule has 21 heavy (non-hydrogen) atoms. The minimum absolute atomic E-state index is 0.0985. The summed E-state index contributed by atoms with van der Waals surface area (Å²) >= 11 is 0. The van der Waals surface area contributed by atoms with Gasteiger partial charge >= 0.3 is 0 Å². The lowest BCUT2D eigenvalue weighted by Crippen LogP contribution is -2.42. The van der Waals surface area contributed by atoms with E-state index in [0.717, 1.165) is 19.3 Å². The molecule has 0 saturated heterocycles. The van der Waals surface area contributed by atoms with Crippen molar-refractivity contribution in [3.63, 3.8) is 0 Å². The van der Waals surface area contributed by atoms with Gasteiger partial charge in [-0.1, -0.05) is 33.3 Å². The van der Waals surface area contributed by atoms with Gasteiger partial charge in [0.1, 0.15) is 17.7 Å². The van der Waals surface area contributed by atoms with Crippen LogP contribution in [0.1, 0.15) is 46.5 Å². The molecule has 1 aliphatic carbocycles. The molecule has 3 atom stereocenters. The zero-order valence-corrected chi connectivity index (χ0v) is 13.4. The van der Waals surface area contributed by atoms with Gasteiger partial charge in [0.25, 0.3) is 0 Å². The number of ether oxygens (including phenoxy) is 1. The van der Waals surface area contributed by atoms with Gasteiger partial charge in [-0.3, -0.25) is 0 Å². The Balaban J connectivity index is 2.10. The van der Waals surface area contributed by atoms with Crippen molar-refractivity contribution in [3.8, 4) is 5.75 Å². The van der Waals surface area contributed by atoms with E-state index in [2.05, 4.69) is 20.8 Å². The second kappa shape index (κ2) is 6.78. The van der Waals surface area contributed by atoms with E-state index < -0.39 is 0 Å². The molecule has 1 aromatic carbocycles. The fourth-order valence-corrected chi connectivity index (χ4v) is 3.32. The lowest BCUT2D eigenvalue weighted by molar-refractivity contribution is 0.0257. The van der Waals surface area contributed by atoms with Crippen LogP contribution in [0.2, 0.25) is 0 Å². The maximum Gasteiger partial charge on any atom is 0.126 e. The average molecular weight is 293 g/mol. The molecule has 0 radical (unpaired) electrons. The molecule has 3 heteroatoms. The fourth-order valence-electron chi connectivity index (χ4n) is 3.32. The van der Waals surface area contributed by atoms with Gasteiger partial charge in [0.05, 0.1) is 0 Å². The second-order valence-electron chi connectivity index (χ2n) is 6.96. The molecule has 1 aromatic rings. The molecule has 118 valence electrons. The maximum atomic E-state index is 13.3. The van der Waals surface area contributed by atoms with Crippen LogP contribution in [0.3, 0.4) is 0 Å². The fraction of sp³-hybridized carbons (Fsp3) is 0.667. The highest BCUT2D eigenvalue weighted by Gasteiger charge is 2.37. The van der Waals surface area contributed by atoms with Crippen LogP contribution in [0.25, 0.3) is 0 Å². The van der Waals surface area contributed by atoms with E-state index in [1.165, 1.54) is 18.6 Å². The van der Waals surface area contributed by atoms with E-state index in [4.69, 9.17) is 10.5 Å². The van der Waals surface area contributed by atoms with Crippen molar-refractivity contribution >= 4 is 0 Å². The predicted octanol–water partition coefficient (Wildman–Crippen LogP) is 4.38. The molecule has 0 bridgehead atoms. The first-order chi connectivity index (χ1) is 9.96. The lowest BCUT2D eigenvalue weighted by atomic mass is 9.66. The van der Waals surface area contributed by atoms with Crippen molar-refractivity contribution in [2.24, 2.45) is 23.0 Å². The molecule has 0 spiro atoms. The zero-order chi connectivity index (χ0) is 15.5. The predicted molar refractivity (Wildman–Crippen MR) is 84.8 cm³/mol. The van der Waals surface area contributed by atoms with Crippen molar-refractivity contribution in [2.75, 3.05) is 6.54 Å². The molecule has 0 aliphatic heterocycles. The van der Waals surface area contributed by atoms with E-state index in [0.29, 0.717) is 29.5 Å². The van der Waals surface area contributed by atoms with Crippen molar-refractivity contribution in [3.05, 3.63) is 30.1 Å². The van der Waals surface area contributed by atoms with E-state index >= 15 is 0 Å². The molecule has 1 aliphatic rings. The third-order valence-corrected chi connectivity index (χ3v) is 5.33. The monoisotopic (exact) mass is 293 g/mol.